The van der Waals surface area contributed by atoms with Crippen LogP contribution in [0.1, 0.15) is 44.2 Å². The minimum atomic E-state index is -0.855. The van der Waals surface area contributed by atoms with Crippen LogP contribution in [0.2, 0.25) is 0 Å². The first-order valence-electron chi connectivity index (χ1n) is 10.2. The zero-order valence-corrected chi connectivity index (χ0v) is 18.2. The van der Waals surface area contributed by atoms with Crippen molar-refractivity contribution in [2.24, 2.45) is 0 Å². The molecule has 4 rings (SSSR count). The number of aliphatic hydroxyl groups is 1. The Hall–Kier alpha value is -2.47. The normalized spacial score (nSPS) is 14.4. The maximum Gasteiger partial charge on any atom is 0.0889 e. The van der Waals surface area contributed by atoms with E-state index in [0.717, 1.165) is 42.3 Å². The van der Waals surface area contributed by atoms with Crippen LogP contribution >= 0.6 is 12.4 Å². The molecule has 0 aliphatic heterocycles. The Morgan fingerprint density at radius 2 is 1.90 bits per heavy atom. The molecule has 0 spiro atoms. The van der Waals surface area contributed by atoms with Crippen molar-refractivity contribution in [2.75, 3.05) is 0 Å². The Kier molecular flexibility index (Phi) is 7.08. The topological polar surface area (TPSA) is 73.8 Å². The van der Waals surface area contributed by atoms with Crippen LogP contribution in [0.5, 0.6) is 0 Å². The maximum atomic E-state index is 11.0. The smallest absolute Gasteiger partial charge is 0.0889 e. The lowest BCUT2D eigenvalue weighted by molar-refractivity contribution is 0.0459. The number of hydrogen-bond acceptors (Lipinski definition) is 4. The van der Waals surface area contributed by atoms with Crippen LogP contribution in [0.4, 0.5) is 0 Å². The highest BCUT2D eigenvalue weighted by molar-refractivity contribution is 5.85. The number of pyridine rings is 2. The van der Waals surface area contributed by atoms with E-state index in [0.29, 0.717) is 6.04 Å². The van der Waals surface area contributed by atoms with Gasteiger partial charge in [0.2, 0.25) is 0 Å². The summed E-state index contributed by atoms with van der Waals surface area (Å²) in [5, 5.41) is 18.1. The predicted molar refractivity (Wildman–Crippen MR) is 125 cm³/mol. The highest BCUT2D eigenvalue weighted by Crippen LogP contribution is 2.32. The fourth-order valence-corrected chi connectivity index (χ4v) is 3.94. The third-order valence-corrected chi connectivity index (χ3v) is 5.72. The molecule has 3 N–H and O–H groups in total. The molecule has 6 heteroatoms. The van der Waals surface area contributed by atoms with E-state index in [9.17, 15) is 5.11 Å². The second-order valence-electron chi connectivity index (χ2n) is 8.13. The number of H-pyrrole nitrogens is 1. The second-order valence-corrected chi connectivity index (χ2v) is 8.13. The number of halogens is 1. The highest BCUT2D eigenvalue weighted by Gasteiger charge is 2.26. The maximum absolute atomic E-state index is 11.0. The molecular weight excluding hydrogens is 396 g/mol. The molecule has 1 aromatic carbocycles. The third-order valence-electron chi connectivity index (χ3n) is 5.72. The van der Waals surface area contributed by atoms with Gasteiger partial charge >= 0.3 is 0 Å². The van der Waals surface area contributed by atoms with Gasteiger partial charge in [0.1, 0.15) is 0 Å². The molecule has 0 bridgehead atoms. The van der Waals surface area contributed by atoms with Gasteiger partial charge in [0.15, 0.2) is 0 Å². The predicted octanol–water partition coefficient (Wildman–Crippen LogP) is 5.09. The summed E-state index contributed by atoms with van der Waals surface area (Å²) < 4.78 is 0. The summed E-state index contributed by atoms with van der Waals surface area (Å²) in [7, 11) is 0. The summed E-state index contributed by atoms with van der Waals surface area (Å²) >= 11 is 0. The van der Waals surface area contributed by atoms with Crippen molar-refractivity contribution in [1.29, 1.82) is 0 Å². The van der Waals surface area contributed by atoms with Crippen molar-refractivity contribution in [2.45, 2.75) is 51.3 Å². The molecule has 0 amide bonds. The van der Waals surface area contributed by atoms with Gasteiger partial charge in [-0.3, -0.25) is 9.97 Å². The van der Waals surface area contributed by atoms with Crippen LogP contribution in [-0.2, 0) is 12.1 Å². The fraction of sp³-hybridized carbons (Fsp3) is 0.333. The first kappa shape index (κ1) is 22.2. The van der Waals surface area contributed by atoms with Gasteiger partial charge < -0.3 is 15.4 Å². The SMILES string of the molecule is C[C@H](CCCC(C)(O)c1c[nH]c2cnccc12)NCc1ccc2cnccc2c1.Cl. The standard InChI is InChI=1S/C24H28N4O.ClH/c1-17(27-13-18-5-6-20-14-25-10-7-19(20)12-18)4-3-9-24(2,29)22-15-28-23-16-26-11-8-21(22)23;/h5-8,10-12,14-17,27-29H,3-4,9,13H2,1-2H3;1H/t17-,24?;/m1./s1. The van der Waals surface area contributed by atoms with E-state index in [4.69, 9.17) is 0 Å². The van der Waals surface area contributed by atoms with E-state index in [2.05, 4.69) is 45.4 Å². The Bertz CT molecular complexity index is 1110. The quantitative estimate of drug-likeness (QED) is 0.368. The number of rotatable bonds is 8. The zero-order valence-electron chi connectivity index (χ0n) is 17.4. The Morgan fingerprint density at radius 3 is 2.77 bits per heavy atom. The highest BCUT2D eigenvalue weighted by atomic mass is 35.5. The molecule has 4 aromatic rings. The van der Waals surface area contributed by atoms with Gasteiger partial charge in [-0.25, -0.2) is 0 Å². The molecule has 3 aromatic heterocycles. The first-order chi connectivity index (χ1) is 14.0. The Labute approximate surface area is 183 Å². The number of benzene rings is 1. The van der Waals surface area contributed by atoms with E-state index in [1.54, 1.807) is 12.4 Å². The van der Waals surface area contributed by atoms with Gasteiger partial charge in [-0.05, 0) is 62.3 Å². The van der Waals surface area contributed by atoms with E-state index < -0.39 is 5.60 Å². The van der Waals surface area contributed by atoms with Crippen molar-refractivity contribution in [1.82, 2.24) is 20.3 Å². The van der Waals surface area contributed by atoms with Crippen LogP contribution in [0.25, 0.3) is 21.7 Å². The summed E-state index contributed by atoms with van der Waals surface area (Å²) in [5.74, 6) is 0. The van der Waals surface area contributed by atoms with Crippen molar-refractivity contribution >= 4 is 34.1 Å². The first-order valence-corrected chi connectivity index (χ1v) is 10.2. The number of aromatic nitrogens is 3. The molecule has 0 saturated heterocycles. The molecule has 5 nitrogen and oxygen atoms in total. The molecule has 1 unspecified atom stereocenters. The van der Waals surface area contributed by atoms with Gasteiger partial charge in [0.05, 0.1) is 17.3 Å². The molecular formula is C24H29ClN4O. The molecule has 0 aliphatic rings. The van der Waals surface area contributed by atoms with Crippen molar-refractivity contribution < 1.29 is 5.11 Å². The number of nitrogens with one attached hydrogen (secondary N) is 2. The largest absolute Gasteiger partial charge is 0.385 e. The number of nitrogens with zero attached hydrogens (tertiary/aromatic N) is 2. The van der Waals surface area contributed by atoms with Gasteiger partial charge in [-0.1, -0.05) is 12.1 Å². The number of hydrogen-bond donors (Lipinski definition) is 3. The van der Waals surface area contributed by atoms with E-state index in [1.807, 2.05) is 37.6 Å². The van der Waals surface area contributed by atoms with Crippen LogP contribution in [-0.4, -0.2) is 26.1 Å². The molecule has 2 atom stereocenters. The molecule has 0 fully saturated rings. The Morgan fingerprint density at radius 1 is 1.10 bits per heavy atom. The molecule has 0 radical (unpaired) electrons. The molecule has 0 aliphatic carbocycles. The van der Waals surface area contributed by atoms with Gasteiger partial charge in [-0.2, -0.15) is 0 Å². The summed E-state index contributed by atoms with van der Waals surface area (Å²) in [6.07, 6.45) is 11.9. The number of fused-ring (bicyclic) bond motifs is 2. The number of aromatic amines is 1. The lowest BCUT2D eigenvalue weighted by Gasteiger charge is -2.24. The van der Waals surface area contributed by atoms with Crippen LogP contribution in [0.3, 0.4) is 0 Å². The lowest BCUT2D eigenvalue weighted by atomic mass is 9.90. The molecule has 30 heavy (non-hydrogen) atoms. The van der Waals surface area contributed by atoms with E-state index in [-0.39, 0.29) is 12.4 Å². The summed E-state index contributed by atoms with van der Waals surface area (Å²) in [4.78, 5) is 11.5. The Balaban J connectivity index is 0.00000256. The second kappa shape index (κ2) is 9.56. The van der Waals surface area contributed by atoms with Crippen LogP contribution < -0.4 is 5.32 Å². The van der Waals surface area contributed by atoms with Crippen molar-refractivity contribution in [3.8, 4) is 0 Å². The summed E-state index contributed by atoms with van der Waals surface area (Å²) in [5.41, 5.74) is 2.33. The van der Waals surface area contributed by atoms with E-state index in [1.165, 1.54) is 16.3 Å². The monoisotopic (exact) mass is 424 g/mol. The zero-order chi connectivity index (χ0) is 20.3. The van der Waals surface area contributed by atoms with E-state index >= 15 is 0 Å². The minimum Gasteiger partial charge on any atom is -0.385 e. The third kappa shape index (κ3) is 4.98. The van der Waals surface area contributed by atoms with Crippen molar-refractivity contribution in [3.05, 3.63) is 72.4 Å². The van der Waals surface area contributed by atoms with Gasteiger partial charge in [-0.15, -0.1) is 12.4 Å². The summed E-state index contributed by atoms with van der Waals surface area (Å²) in [6.45, 7) is 4.94. The van der Waals surface area contributed by atoms with Crippen LogP contribution in [0.15, 0.2) is 61.3 Å². The van der Waals surface area contributed by atoms with Crippen molar-refractivity contribution in [3.63, 3.8) is 0 Å². The minimum absolute atomic E-state index is 0. The van der Waals surface area contributed by atoms with Crippen LogP contribution in [0, 0.1) is 0 Å². The fourth-order valence-electron chi connectivity index (χ4n) is 3.94. The molecule has 0 saturated carbocycles. The average Bonchev–Trinajstić information content (AvgIpc) is 3.17. The average molecular weight is 425 g/mol. The summed E-state index contributed by atoms with van der Waals surface area (Å²) in [6, 6.07) is 10.9. The van der Waals surface area contributed by atoms with Gasteiger partial charge in [0, 0.05) is 53.7 Å². The molecule has 3 heterocycles. The molecule has 158 valence electrons. The van der Waals surface area contributed by atoms with Gasteiger partial charge in [0.25, 0.3) is 0 Å². The lowest BCUT2D eigenvalue weighted by Crippen LogP contribution is -2.27.